The van der Waals surface area contributed by atoms with Crippen LogP contribution in [-0.2, 0) is 11.3 Å². The first-order chi connectivity index (χ1) is 12.4. The molecule has 7 nitrogen and oxygen atoms in total. The minimum atomic E-state index is -0.514. The van der Waals surface area contributed by atoms with Crippen molar-refractivity contribution < 1.29 is 9.53 Å². The summed E-state index contributed by atoms with van der Waals surface area (Å²) in [7, 11) is 0. The molecule has 136 valence electrons. The van der Waals surface area contributed by atoms with E-state index in [4.69, 9.17) is 4.74 Å². The smallest absolute Gasteiger partial charge is 0.410 e. The fourth-order valence-corrected chi connectivity index (χ4v) is 4.04. The monoisotopic (exact) mass is 371 g/mol. The Morgan fingerprint density at radius 3 is 3.04 bits per heavy atom. The second-order valence-electron chi connectivity index (χ2n) is 7.32. The highest BCUT2D eigenvalue weighted by Crippen LogP contribution is 2.34. The van der Waals surface area contributed by atoms with Crippen LogP contribution in [0.5, 0.6) is 0 Å². The van der Waals surface area contributed by atoms with E-state index in [-0.39, 0.29) is 12.1 Å². The number of rotatable bonds is 2. The van der Waals surface area contributed by atoms with Crippen LogP contribution >= 0.6 is 11.3 Å². The maximum absolute atomic E-state index is 12.6. The van der Waals surface area contributed by atoms with Crippen LogP contribution in [0, 0.1) is 0 Å². The van der Waals surface area contributed by atoms with Crippen molar-refractivity contribution >= 4 is 34.3 Å². The Morgan fingerprint density at radius 1 is 1.38 bits per heavy atom. The van der Waals surface area contributed by atoms with Crippen LogP contribution in [0.4, 0.5) is 10.6 Å². The average Bonchev–Trinajstić information content (AvgIpc) is 3.22. The normalized spacial score (nSPS) is 17.2. The van der Waals surface area contributed by atoms with Gasteiger partial charge in [-0.1, -0.05) is 0 Å². The van der Waals surface area contributed by atoms with Crippen molar-refractivity contribution in [2.24, 2.45) is 0 Å². The number of hydrogen-bond donors (Lipinski definition) is 2. The second-order valence-corrected chi connectivity index (χ2v) is 8.32. The third-order valence-electron chi connectivity index (χ3n) is 4.21. The van der Waals surface area contributed by atoms with Crippen molar-refractivity contribution in [1.29, 1.82) is 0 Å². The van der Waals surface area contributed by atoms with Crippen molar-refractivity contribution in [2.75, 3.05) is 11.9 Å². The molecule has 0 fully saturated rings. The number of carbonyl (C=O) groups is 1. The molecule has 0 aromatic carbocycles. The Hall–Kier alpha value is -2.61. The van der Waals surface area contributed by atoms with E-state index >= 15 is 0 Å². The SMILES string of the molecule is CC(C)(C)OC(=O)N1Cc2sccc2C(Nc2ncnc3[nH]ccc23)C1. The number of nitrogens with one attached hydrogen (secondary N) is 2. The summed E-state index contributed by atoms with van der Waals surface area (Å²) in [5.74, 6) is 0.754. The molecule has 0 saturated heterocycles. The molecular formula is C18H21N5O2S. The van der Waals surface area contributed by atoms with Gasteiger partial charge in [0.1, 0.15) is 23.4 Å². The van der Waals surface area contributed by atoms with E-state index in [9.17, 15) is 4.79 Å². The number of nitrogens with zero attached hydrogens (tertiary/aromatic N) is 3. The third kappa shape index (κ3) is 3.24. The quantitative estimate of drug-likeness (QED) is 0.713. The van der Waals surface area contributed by atoms with E-state index in [1.54, 1.807) is 16.2 Å². The first-order valence-corrected chi connectivity index (χ1v) is 9.37. The largest absolute Gasteiger partial charge is 0.444 e. The number of carbonyl (C=O) groups excluding carboxylic acids is 1. The molecule has 1 atom stereocenters. The van der Waals surface area contributed by atoms with Gasteiger partial charge in [-0.3, -0.25) is 0 Å². The summed E-state index contributed by atoms with van der Waals surface area (Å²) < 4.78 is 5.56. The maximum Gasteiger partial charge on any atom is 0.410 e. The van der Waals surface area contributed by atoms with Crippen molar-refractivity contribution in [2.45, 2.75) is 39.0 Å². The van der Waals surface area contributed by atoms with Crippen LogP contribution in [-0.4, -0.2) is 38.1 Å². The molecule has 3 aromatic heterocycles. The zero-order valence-corrected chi connectivity index (χ0v) is 15.8. The Labute approximate surface area is 155 Å². The molecule has 0 radical (unpaired) electrons. The lowest BCUT2D eigenvalue weighted by Crippen LogP contribution is -2.42. The highest BCUT2D eigenvalue weighted by Gasteiger charge is 2.32. The lowest BCUT2D eigenvalue weighted by Gasteiger charge is -2.34. The minimum absolute atomic E-state index is 0.0504. The fraction of sp³-hybridized carbons (Fsp3) is 0.389. The Kier molecular flexibility index (Phi) is 4.07. The molecule has 8 heteroatoms. The summed E-state index contributed by atoms with van der Waals surface area (Å²) in [5.41, 5.74) is 1.48. The highest BCUT2D eigenvalue weighted by molar-refractivity contribution is 7.10. The molecule has 2 N–H and O–H groups in total. The summed E-state index contributed by atoms with van der Waals surface area (Å²) in [6, 6.07) is 4.01. The number of hydrogen-bond acceptors (Lipinski definition) is 6. The lowest BCUT2D eigenvalue weighted by molar-refractivity contribution is 0.0214. The number of ether oxygens (including phenoxy) is 1. The van der Waals surface area contributed by atoms with Crippen LogP contribution in [0.1, 0.15) is 37.3 Å². The van der Waals surface area contributed by atoms with E-state index in [2.05, 4.69) is 31.7 Å². The highest BCUT2D eigenvalue weighted by atomic mass is 32.1. The molecule has 0 saturated carbocycles. The second kappa shape index (κ2) is 6.28. The van der Waals surface area contributed by atoms with E-state index in [1.807, 2.05) is 33.0 Å². The number of anilines is 1. The third-order valence-corrected chi connectivity index (χ3v) is 5.13. The van der Waals surface area contributed by atoms with Gasteiger partial charge in [-0.15, -0.1) is 11.3 Å². The van der Waals surface area contributed by atoms with Gasteiger partial charge in [0.2, 0.25) is 0 Å². The zero-order chi connectivity index (χ0) is 18.3. The van der Waals surface area contributed by atoms with E-state index in [1.165, 1.54) is 16.8 Å². The standard InChI is InChI=1S/C18H21N5O2S/c1-18(2,3)25-17(24)23-8-13(11-5-7-26-14(11)9-23)22-16-12-4-6-19-15(12)20-10-21-16/h4-7,10,13H,8-9H2,1-3H3,(H2,19,20,21,22). The molecule has 3 aromatic rings. The van der Waals surface area contributed by atoms with Gasteiger partial charge in [-0.2, -0.15) is 0 Å². The number of H-pyrrole nitrogens is 1. The number of aromatic nitrogens is 3. The Balaban J connectivity index is 1.61. The van der Waals surface area contributed by atoms with Gasteiger partial charge in [-0.05, 0) is 43.8 Å². The predicted octanol–water partition coefficient (Wildman–Crippen LogP) is 3.92. The fourth-order valence-electron chi connectivity index (χ4n) is 3.09. The first kappa shape index (κ1) is 16.8. The minimum Gasteiger partial charge on any atom is -0.444 e. The van der Waals surface area contributed by atoms with Crippen LogP contribution in [0.25, 0.3) is 11.0 Å². The molecule has 1 aliphatic heterocycles. The van der Waals surface area contributed by atoms with Crippen LogP contribution < -0.4 is 5.32 Å². The van der Waals surface area contributed by atoms with Crippen molar-refractivity contribution in [3.8, 4) is 0 Å². The van der Waals surface area contributed by atoms with E-state index < -0.39 is 5.60 Å². The summed E-state index contributed by atoms with van der Waals surface area (Å²) in [6.45, 7) is 6.73. The molecule has 0 spiro atoms. The lowest BCUT2D eigenvalue weighted by atomic mass is 10.0. The van der Waals surface area contributed by atoms with Gasteiger partial charge in [0, 0.05) is 17.6 Å². The Morgan fingerprint density at radius 2 is 2.23 bits per heavy atom. The summed E-state index contributed by atoms with van der Waals surface area (Å²) in [5, 5.41) is 6.47. The van der Waals surface area contributed by atoms with Crippen LogP contribution in [0.2, 0.25) is 0 Å². The average molecular weight is 371 g/mol. The molecule has 0 bridgehead atoms. The molecule has 1 unspecified atom stereocenters. The van der Waals surface area contributed by atoms with Crippen LogP contribution in [0.3, 0.4) is 0 Å². The molecule has 0 aliphatic carbocycles. The molecule has 4 rings (SSSR count). The maximum atomic E-state index is 12.6. The number of fused-ring (bicyclic) bond motifs is 2. The Bertz CT molecular complexity index is 942. The summed E-state index contributed by atoms with van der Waals surface area (Å²) in [6.07, 6.45) is 3.08. The van der Waals surface area contributed by atoms with Gasteiger partial charge in [0.15, 0.2) is 0 Å². The van der Waals surface area contributed by atoms with Gasteiger partial charge in [0.25, 0.3) is 0 Å². The van der Waals surface area contributed by atoms with E-state index in [0.29, 0.717) is 13.1 Å². The number of amides is 1. The summed E-state index contributed by atoms with van der Waals surface area (Å²) in [4.78, 5) is 27.2. The topological polar surface area (TPSA) is 83.1 Å². The van der Waals surface area contributed by atoms with E-state index in [0.717, 1.165) is 16.9 Å². The van der Waals surface area contributed by atoms with Crippen molar-refractivity contribution in [1.82, 2.24) is 19.9 Å². The zero-order valence-electron chi connectivity index (χ0n) is 14.9. The molecule has 1 aliphatic rings. The van der Waals surface area contributed by atoms with Crippen molar-refractivity contribution in [3.63, 3.8) is 0 Å². The predicted molar refractivity (Wildman–Crippen MR) is 101 cm³/mol. The number of aromatic amines is 1. The molecule has 26 heavy (non-hydrogen) atoms. The van der Waals surface area contributed by atoms with Crippen LogP contribution in [0.15, 0.2) is 30.0 Å². The van der Waals surface area contributed by atoms with Gasteiger partial charge in [-0.25, -0.2) is 14.8 Å². The van der Waals surface area contributed by atoms with Gasteiger partial charge >= 0.3 is 6.09 Å². The molecule has 4 heterocycles. The summed E-state index contributed by atoms with van der Waals surface area (Å²) >= 11 is 1.66. The van der Waals surface area contributed by atoms with Crippen molar-refractivity contribution in [3.05, 3.63) is 40.5 Å². The molecular weight excluding hydrogens is 350 g/mol. The first-order valence-electron chi connectivity index (χ1n) is 8.49. The number of thiophene rings is 1. The molecule has 1 amide bonds. The van der Waals surface area contributed by atoms with Gasteiger partial charge < -0.3 is 19.9 Å². The van der Waals surface area contributed by atoms with Gasteiger partial charge in [0.05, 0.1) is 18.0 Å².